The molecule has 0 heterocycles. The number of ether oxygens (including phenoxy) is 2. The van der Waals surface area contributed by atoms with E-state index in [4.69, 9.17) is 25.9 Å². The largest absolute Gasteiger partial charge is 0.444 e. The molecule has 4 N–H and O–H groups in total. The summed E-state index contributed by atoms with van der Waals surface area (Å²) >= 11 is 6.09. The van der Waals surface area contributed by atoms with Gasteiger partial charge in [0.1, 0.15) is 11.2 Å². The standard InChI is InChI=1S/C29H37ClF3N5O6/c1-27(2,3)43-25(40)36-24(37-26(41)44-28(4,5)6)38-42-15-14-34-22(39)16-19-20(30)12-13-21(23(19)31)35-17-29(32,33)18-10-8-7-9-11-18/h7-13,35H,14-17H2,1-6H3,(H,34,39)(H2,36,37,38,40,41). The van der Waals surface area contributed by atoms with Crippen LogP contribution in [0.15, 0.2) is 47.5 Å². The SMILES string of the molecule is CC(C)(C)OC(=O)N=C(NOCCNC(=O)Cc1c(Cl)ccc(NCC(F)(F)c2ccccc2)c1F)NC(=O)OC(C)(C)C. The summed E-state index contributed by atoms with van der Waals surface area (Å²) in [5.74, 6) is -5.30. The third-order valence-electron chi connectivity index (χ3n) is 5.13. The van der Waals surface area contributed by atoms with Gasteiger partial charge in [-0.1, -0.05) is 41.9 Å². The number of alkyl carbamates (subject to hydrolysis) is 1. The second-order valence-corrected chi connectivity index (χ2v) is 11.8. The fourth-order valence-corrected chi connectivity index (χ4v) is 3.54. The van der Waals surface area contributed by atoms with E-state index in [1.54, 1.807) is 47.6 Å². The van der Waals surface area contributed by atoms with Crippen LogP contribution < -0.4 is 21.4 Å². The molecular weight excluding hydrogens is 607 g/mol. The molecule has 2 aromatic rings. The van der Waals surface area contributed by atoms with Gasteiger partial charge in [0.05, 0.1) is 25.3 Å². The van der Waals surface area contributed by atoms with E-state index in [0.717, 1.165) is 0 Å². The number of carbonyl (C=O) groups excluding carboxylic acids is 3. The van der Waals surface area contributed by atoms with Crippen LogP contribution in [0, 0.1) is 5.82 Å². The lowest BCUT2D eigenvalue weighted by Crippen LogP contribution is -2.45. The van der Waals surface area contributed by atoms with Crippen molar-refractivity contribution in [2.24, 2.45) is 4.99 Å². The lowest BCUT2D eigenvalue weighted by atomic mass is 10.1. The highest BCUT2D eigenvalue weighted by Gasteiger charge is 2.31. The number of amides is 3. The Balaban J connectivity index is 1.93. The molecule has 0 saturated carbocycles. The molecule has 0 aliphatic rings. The number of nitrogens with one attached hydrogen (secondary N) is 4. The number of benzene rings is 2. The monoisotopic (exact) mass is 643 g/mol. The molecule has 0 aromatic heterocycles. The number of rotatable bonds is 10. The van der Waals surface area contributed by atoms with E-state index in [0.29, 0.717) is 0 Å². The molecule has 2 rings (SSSR count). The number of nitrogens with zero attached hydrogens (tertiary/aromatic N) is 1. The van der Waals surface area contributed by atoms with E-state index >= 15 is 4.39 Å². The summed E-state index contributed by atoms with van der Waals surface area (Å²) in [5, 5.41) is 7.04. The first-order valence-corrected chi connectivity index (χ1v) is 13.8. The lowest BCUT2D eigenvalue weighted by molar-refractivity contribution is -0.120. The summed E-state index contributed by atoms with van der Waals surface area (Å²) in [6.45, 7) is 8.63. The van der Waals surface area contributed by atoms with Crippen molar-refractivity contribution in [2.75, 3.05) is 25.0 Å². The van der Waals surface area contributed by atoms with Crippen LogP contribution in [0.3, 0.4) is 0 Å². The van der Waals surface area contributed by atoms with Crippen molar-refractivity contribution in [3.05, 3.63) is 64.4 Å². The molecule has 2 aromatic carbocycles. The molecule has 15 heteroatoms. The number of hydrogen-bond donors (Lipinski definition) is 4. The van der Waals surface area contributed by atoms with Crippen molar-refractivity contribution >= 4 is 41.3 Å². The van der Waals surface area contributed by atoms with Crippen molar-refractivity contribution < 1.29 is 41.9 Å². The minimum absolute atomic E-state index is 0.0628. The Labute approximate surface area is 258 Å². The van der Waals surface area contributed by atoms with Crippen LogP contribution in [0.5, 0.6) is 0 Å². The summed E-state index contributed by atoms with van der Waals surface area (Å²) in [5.41, 5.74) is -0.0792. The zero-order valence-electron chi connectivity index (χ0n) is 25.3. The van der Waals surface area contributed by atoms with Gasteiger partial charge in [-0.05, 0) is 53.7 Å². The average Bonchev–Trinajstić information content (AvgIpc) is 2.88. The Morgan fingerprint density at radius 3 is 2.18 bits per heavy atom. The zero-order valence-corrected chi connectivity index (χ0v) is 26.0. The lowest BCUT2D eigenvalue weighted by Gasteiger charge is -2.21. The van der Waals surface area contributed by atoms with Crippen LogP contribution in [0.1, 0.15) is 52.7 Å². The maximum atomic E-state index is 15.1. The van der Waals surface area contributed by atoms with E-state index in [-0.39, 0.29) is 35.0 Å². The first-order chi connectivity index (χ1) is 20.4. The second kappa shape index (κ2) is 15.6. The Morgan fingerprint density at radius 1 is 0.932 bits per heavy atom. The summed E-state index contributed by atoms with van der Waals surface area (Å²) in [6, 6.07) is 9.59. The van der Waals surface area contributed by atoms with Gasteiger partial charge in [-0.3, -0.25) is 14.9 Å². The molecule has 3 amide bonds. The van der Waals surface area contributed by atoms with Gasteiger partial charge in [-0.2, -0.15) is 8.78 Å². The van der Waals surface area contributed by atoms with E-state index < -0.39 is 60.0 Å². The molecule has 0 atom stereocenters. The molecule has 44 heavy (non-hydrogen) atoms. The number of halogens is 4. The molecule has 0 aliphatic carbocycles. The normalized spacial score (nSPS) is 12.3. The highest BCUT2D eigenvalue weighted by atomic mass is 35.5. The number of carbonyl (C=O) groups is 3. The predicted octanol–water partition coefficient (Wildman–Crippen LogP) is 5.68. The van der Waals surface area contributed by atoms with E-state index in [2.05, 4.69) is 26.4 Å². The van der Waals surface area contributed by atoms with Crippen LogP contribution in [-0.4, -0.2) is 55.0 Å². The number of guanidine groups is 1. The third-order valence-corrected chi connectivity index (χ3v) is 5.49. The van der Waals surface area contributed by atoms with E-state index in [1.807, 2.05) is 0 Å². The Kier molecular flexibility index (Phi) is 12.8. The van der Waals surface area contributed by atoms with Gasteiger partial charge < -0.3 is 20.1 Å². The topological polar surface area (TPSA) is 139 Å². The number of anilines is 1. The highest BCUT2D eigenvalue weighted by Crippen LogP contribution is 2.31. The highest BCUT2D eigenvalue weighted by molar-refractivity contribution is 6.31. The predicted molar refractivity (Wildman–Crippen MR) is 159 cm³/mol. The van der Waals surface area contributed by atoms with E-state index in [1.165, 1.54) is 36.4 Å². The quantitative estimate of drug-likeness (QED) is 0.112. The summed E-state index contributed by atoms with van der Waals surface area (Å²) in [4.78, 5) is 45.5. The van der Waals surface area contributed by atoms with Crippen molar-refractivity contribution in [1.29, 1.82) is 0 Å². The summed E-state index contributed by atoms with van der Waals surface area (Å²) in [6.07, 6.45) is -2.44. The van der Waals surface area contributed by atoms with Gasteiger partial charge in [0, 0.05) is 22.7 Å². The molecule has 0 fully saturated rings. The van der Waals surface area contributed by atoms with Gasteiger partial charge in [0.2, 0.25) is 11.9 Å². The maximum Gasteiger partial charge on any atom is 0.437 e. The van der Waals surface area contributed by atoms with Crippen LogP contribution >= 0.6 is 11.6 Å². The van der Waals surface area contributed by atoms with Crippen molar-refractivity contribution in [3.63, 3.8) is 0 Å². The van der Waals surface area contributed by atoms with E-state index in [9.17, 15) is 23.2 Å². The Hall–Kier alpha value is -4.04. The number of hydroxylamine groups is 1. The molecule has 0 spiro atoms. The molecule has 0 aliphatic heterocycles. The number of alkyl halides is 2. The zero-order chi connectivity index (χ0) is 33.1. The van der Waals surface area contributed by atoms with Crippen molar-refractivity contribution in [3.8, 4) is 0 Å². The number of aliphatic imine (C=N–C) groups is 1. The minimum Gasteiger partial charge on any atom is -0.444 e. The molecule has 242 valence electrons. The summed E-state index contributed by atoms with van der Waals surface area (Å²) < 4.78 is 54.4. The second-order valence-electron chi connectivity index (χ2n) is 11.4. The fraction of sp³-hybridized carbons (Fsp3) is 0.448. The smallest absolute Gasteiger partial charge is 0.437 e. The van der Waals surface area contributed by atoms with Gasteiger partial charge in [-0.15, -0.1) is 4.99 Å². The van der Waals surface area contributed by atoms with Gasteiger partial charge >= 0.3 is 12.2 Å². The van der Waals surface area contributed by atoms with Crippen molar-refractivity contribution in [2.45, 2.75) is 65.1 Å². The molecule has 0 radical (unpaired) electrons. The Morgan fingerprint density at radius 2 is 1.57 bits per heavy atom. The first kappa shape index (κ1) is 36.2. The van der Waals surface area contributed by atoms with Crippen molar-refractivity contribution in [1.82, 2.24) is 16.1 Å². The molecule has 0 unspecified atom stereocenters. The molecule has 0 bridgehead atoms. The molecule has 11 nitrogen and oxygen atoms in total. The fourth-order valence-electron chi connectivity index (χ4n) is 3.32. The van der Waals surface area contributed by atoms with Gasteiger partial charge in [0.15, 0.2) is 5.82 Å². The number of hydrogen-bond acceptors (Lipinski definition) is 7. The summed E-state index contributed by atoms with van der Waals surface area (Å²) in [7, 11) is 0. The maximum absolute atomic E-state index is 15.1. The van der Waals surface area contributed by atoms with Crippen LogP contribution in [-0.2, 0) is 31.4 Å². The molecule has 0 saturated heterocycles. The van der Waals surface area contributed by atoms with Gasteiger partial charge in [-0.25, -0.2) is 19.5 Å². The molecular formula is C29H37ClF3N5O6. The van der Waals surface area contributed by atoms with Gasteiger partial charge in [0.25, 0.3) is 5.92 Å². The third kappa shape index (κ3) is 13.1. The average molecular weight is 644 g/mol. The first-order valence-electron chi connectivity index (χ1n) is 13.5. The minimum atomic E-state index is -3.28. The van der Waals surface area contributed by atoms with Crippen LogP contribution in [0.2, 0.25) is 5.02 Å². The van der Waals surface area contributed by atoms with Crippen LogP contribution in [0.4, 0.5) is 28.4 Å². The Bertz CT molecular complexity index is 1330. The van der Waals surface area contributed by atoms with Crippen LogP contribution in [0.25, 0.3) is 0 Å².